The molecule has 0 spiro atoms. The molecule has 0 radical (unpaired) electrons. The fraction of sp³-hybridized carbons (Fsp3) is 0.324. The fourth-order valence-corrected chi connectivity index (χ4v) is 5.74. The lowest BCUT2D eigenvalue weighted by Crippen LogP contribution is -2.58. The predicted molar refractivity (Wildman–Crippen MR) is 168 cm³/mol. The maximum absolute atomic E-state index is 14.7. The van der Waals surface area contributed by atoms with Crippen molar-refractivity contribution >= 4 is 28.8 Å². The summed E-state index contributed by atoms with van der Waals surface area (Å²) in [6.45, 7) is 0.180. The van der Waals surface area contributed by atoms with Crippen LogP contribution in [-0.4, -0.2) is 78.7 Å². The van der Waals surface area contributed by atoms with Gasteiger partial charge in [0.1, 0.15) is 23.4 Å². The molecule has 4 aromatic rings. The Balaban J connectivity index is 1.21. The minimum absolute atomic E-state index is 0.0503. The molecule has 12 nitrogen and oxygen atoms in total. The van der Waals surface area contributed by atoms with E-state index in [1.165, 1.54) is 32.4 Å². The number of methoxy groups -OCH3 is 2. The number of benzene rings is 3. The van der Waals surface area contributed by atoms with Crippen molar-refractivity contribution in [3.8, 4) is 23.1 Å². The lowest BCUT2D eigenvalue weighted by Gasteiger charge is -2.39. The first-order chi connectivity index (χ1) is 22.8. The summed E-state index contributed by atoms with van der Waals surface area (Å²) in [5, 5.41) is 5.71. The Morgan fingerprint density at radius 2 is 1.85 bits per heavy atom. The number of likely N-dealkylation sites (tertiary alicyclic amines) is 1. The van der Waals surface area contributed by atoms with Gasteiger partial charge in [-0.25, -0.2) is 14.4 Å². The smallest absolute Gasteiger partial charge is 0.258 e. The van der Waals surface area contributed by atoms with E-state index in [0.717, 1.165) is 0 Å². The number of aromatic nitrogens is 2. The molecular formula is C34H34FN5O7. The molecule has 2 aliphatic rings. The Bertz CT molecular complexity index is 1820. The van der Waals surface area contributed by atoms with Crippen molar-refractivity contribution < 1.29 is 37.7 Å². The van der Waals surface area contributed by atoms with E-state index < -0.39 is 29.8 Å². The number of carbonyl (C=O) groups excluding carboxylic acids is 3. The zero-order valence-corrected chi connectivity index (χ0v) is 26.0. The number of rotatable bonds is 5. The van der Waals surface area contributed by atoms with Gasteiger partial charge in [-0.3, -0.25) is 14.4 Å². The van der Waals surface area contributed by atoms with Crippen LogP contribution in [0.25, 0.3) is 11.0 Å². The second-order valence-electron chi connectivity index (χ2n) is 11.3. The minimum atomic E-state index is -0.633. The zero-order valence-electron chi connectivity index (χ0n) is 26.0. The summed E-state index contributed by atoms with van der Waals surface area (Å²) in [4.78, 5) is 50.3. The number of ether oxygens (including phenoxy) is 4. The number of nitrogens with one attached hydrogen (secondary N) is 2. The third-order valence-electron chi connectivity index (χ3n) is 8.08. The third-order valence-corrected chi connectivity index (χ3v) is 8.08. The molecule has 1 saturated heterocycles. The summed E-state index contributed by atoms with van der Waals surface area (Å²) in [5.74, 6) is -0.400. The molecule has 1 fully saturated rings. The molecule has 47 heavy (non-hydrogen) atoms. The highest BCUT2D eigenvalue weighted by Crippen LogP contribution is 2.29. The average Bonchev–Trinajstić information content (AvgIpc) is 3.08. The maximum atomic E-state index is 14.7. The number of piperidine rings is 1. The van der Waals surface area contributed by atoms with Gasteiger partial charge in [0.25, 0.3) is 11.8 Å². The van der Waals surface area contributed by atoms with Crippen LogP contribution in [0.4, 0.5) is 4.39 Å². The fourth-order valence-electron chi connectivity index (χ4n) is 5.74. The Kier molecular flexibility index (Phi) is 9.32. The summed E-state index contributed by atoms with van der Waals surface area (Å²) in [7, 11) is 2.97. The van der Waals surface area contributed by atoms with Gasteiger partial charge in [-0.1, -0.05) is 12.1 Å². The van der Waals surface area contributed by atoms with E-state index in [0.29, 0.717) is 53.3 Å². The molecule has 244 valence electrons. The van der Waals surface area contributed by atoms with Gasteiger partial charge < -0.3 is 34.5 Å². The molecular weight excluding hydrogens is 609 g/mol. The Labute approximate surface area is 270 Å². The SMILES string of the molecule is COc1ccc2cc1OCC(=O)N[C@@H]1CN(C(=O)CCc3nc4ccccc4nc3OC)CC[C@@H]1Oc1cc(F)cc(c1)CNC2=O. The average molecular weight is 644 g/mol. The molecule has 2 N–H and O–H groups in total. The van der Waals surface area contributed by atoms with Gasteiger partial charge in [0.2, 0.25) is 11.8 Å². The molecule has 0 aliphatic carbocycles. The standard InChI is InChI=1S/C34H34FN5O7/c1-44-29-9-7-21-15-30(29)46-19-31(41)38-27-18-40(12-11-28(27)47-23-14-20(13-22(35)16-23)17-36-33(21)43)32(42)10-8-26-34(45-2)39-25-6-4-3-5-24(25)37-26/h3-7,9,13-16,27-28H,8,10-12,17-19H2,1-2H3,(H,36,43)(H,38,41)/t27-,28+/m1/s1. The highest BCUT2D eigenvalue weighted by atomic mass is 19.1. The van der Waals surface area contributed by atoms with Crippen LogP contribution in [0.3, 0.4) is 0 Å². The summed E-state index contributed by atoms with van der Waals surface area (Å²) in [6, 6.07) is 15.6. The van der Waals surface area contributed by atoms with Crippen molar-refractivity contribution in [3.05, 3.63) is 83.3 Å². The lowest BCUT2D eigenvalue weighted by atomic mass is 10.0. The number of halogens is 1. The van der Waals surface area contributed by atoms with Crippen LogP contribution >= 0.6 is 0 Å². The number of aryl methyl sites for hydroxylation is 1. The van der Waals surface area contributed by atoms with Crippen molar-refractivity contribution in [2.45, 2.75) is 38.0 Å². The van der Waals surface area contributed by atoms with Crippen molar-refractivity contribution in [2.75, 3.05) is 33.9 Å². The van der Waals surface area contributed by atoms with Crippen LogP contribution in [0, 0.1) is 5.82 Å². The molecule has 3 heterocycles. The Morgan fingerprint density at radius 3 is 2.64 bits per heavy atom. The molecule has 0 saturated carbocycles. The second-order valence-corrected chi connectivity index (χ2v) is 11.3. The molecule has 2 atom stereocenters. The van der Waals surface area contributed by atoms with E-state index in [4.69, 9.17) is 18.9 Å². The van der Waals surface area contributed by atoms with Crippen LogP contribution in [0.2, 0.25) is 0 Å². The monoisotopic (exact) mass is 643 g/mol. The number of fused-ring (bicyclic) bond motifs is 6. The van der Waals surface area contributed by atoms with E-state index in [1.54, 1.807) is 23.1 Å². The first kappa shape index (κ1) is 31.5. The third kappa shape index (κ3) is 7.35. The van der Waals surface area contributed by atoms with Gasteiger partial charge in [-0.2, -0.15) is 0 Å². The van der Waals surface area contributed by atoms with E-state index in [-0.39, 0.29) is 49.1 Å². The summed E-state index contributed by atoms with van der Waals surface area (Å²) < 4.78 is 37.4. The van der Waals surface area contributed by atoms with Gasteiger partial charge >= 0.3 is 0 Å². The summed E-state index contributed by atoms with van der Waals surface area (Å²) in [5.41, 5.74) is 2.74. The van der Waals surface area contributed by atoms with E-state index >= 15 is 0 Å². The normalized spacial score (nSPS) is 18.2. The van der Waals surface area contributed by atoms with E-state index in [2.05, 4.69) is 20.6 Å². The predicted octanol–water partition coefficient (Wildman–Crippen LogP) is 3.21. The molecule has 1 aromatic heterocycles. The second kappa shape index (κ2) is 13.9. The molecule has 13 heteroatoms. The first-order valence-electron chi connectivity index (χ1n) is 15.2. The maximum Gasteiger partial charge on any atom is 0.258 e. The Hall–Kier alpha value is -5.46. The number of hydrogen-bond donors (Lipinski definition) is 2. The number of carbonyl (C=O) groups is 3. The highest BCUT2D eigenvalue weighted by Gasteiger charge is 2.34. The largest absolute Gasteiger partial charge is 0.493 e. The lowest BCUT2D eigenvalue weighted by molar-refractivity contribution is -0.135. The van der Waals surface area contributed by atoms with Gasteiger partial charge in [0.15, 0.2) is 18.1 Å². The van der Waals surface area contributed by atoms with Crippen molar-refractivity contribution in [1.29, 1.82) is 0 Å². The summed E-state index contributed by atoms with van der Waals surface area (Å²) in [6.07, 6.45) is 0.248. The van der Waals surface area contributed by atoms with Crippen LogP contribution in [0.1, 0.15) is 34.5 Å². The van der Waals surface area contributed by atoms with Gasteiger partial charge in [0, 0.05) is 50.5 Å². The molecule has 4 bridgehead atoms. The molecule has 0 unspecified atom stereocenters. The highest BCUT2D eigenvalue weighted by molar-refractivity contribution is 5.95. The van der Waals surface area contributed by atoms with Crippen LogP contribution in [0.5, 0.6) is 23.1 Å². The molecule has 3 aromatic carbocycles. The number of hydrogen-bond acceptors (Lipinski definition) is 9. The number of amides is 3. The van der Waals surface area contributed by atoms with Gasteiger partial charge in [-0.05, 0) is 48.0 Å². The Morgan fingerprint density at radius 1 is 1.04 bits per heavy atom. The molecule has 3 amide bonds. The number of nitrogens with zero attached hydrogens (tertiary/aromatic N) is 3. The van der Waals surface area contributed by atoms with Crippen molar-refractivity contribution in [1.82, 2.24) is 25.5 Å². The van der Waals surface area contributed by atoms with Crippen molar-refractivity contribution in [3.63, 3.8) is 0 Å². The minimum Gasteiger partial charge on any atom is -0.493 e. The summed E-state index contributed by atoms with van der Waals surface area (Å²) >= 11 is 0. The van der Waals surface area contributed by atoms with Gasteiger partial charge in [-0.15, -0.1) is 0 Å². The van der Waals surface area contributed by atoms with Crippen LogP contribution in [0.15, 0.2) is 60.7 Å². The van der Waals surface area contributed by atoms with Gasteiger partial charge in [0.05, 0.1) is 31.3 Å². The van der Waals surface area contributed by atoms with E-state index in [9.17, 15) is 18.8 Å². The molecule has 2 aliphatic heterocycles. The molecule has 6 rings (SSSR count). The van der Waals surface area contributed by atoms with Crippen LogP contribution in [-0.2, 0) is 22.6 Å². The quantitative estimate of drug-likeness (QED) is 0.336. The van der Waals surface area contributed by atoms with Crippen LogP contribution < -0.4 is 29.6 Å². The van der Waals surface area contributed by atoms with Crippen molar-refractivity contribution in [2.24, 2.45) is 0 Å². The topological polar surface area (TPSA) is 141 Å². The first-order valence-corrected chi connectivity index (χ1v) is 15.2. The number of para-hydroxylation sites is 2. The zero-order chi connectivity index (χ0) is 32.9. The van der Waals surface area contributed by atoms with E-state index in [1.807, 2.05) is 24.3 Å².